The van der Waals surface area contributed by atoms with Gasteiger partial charge in [0, 0.05) is 19.0 Å². The predicted octanol–water partition coefficient (Wildman–Crippen LogP) is 2.03. The smallest absolute Gasteiger partial charge is 0.410 e. The maximum absolute atomic E-state index is 12.0. The molecule has 0 radical (unpaired) electrons. The zero-order chi connectivity index (χ0) is 13.2. The van der Waals surface area contributed by atoms with Crippen LogP contribution >= 0.6 is 0 Å². The maximum Gasteiger partial charge on any atom is 0.410 e. The first-order valence-electron chi connectivity index (χ1n) is 6.88. The van der Waals surface area contributed by atoms with E-state index in [1.54, 1.807) is 4.90 Å². The van der Waals surface area contributed by atoms with Crippen LogP contribution in [0.15, 0.2) is 30.3 Å². The lowest BCUT2D eigenvalue weighted by Gasteiger charge is -2.18. The number of aliphatic hydroxyl groups is 1. The van der Waals surface area contributed by atoms with Crippen LogP contribution in [0.3, 0.4) is 0 Å². The zero-order valence-electron chi connectivity index (χ0n) is 10.9. The number of benzene rings is 1. The molecule has 0 unspecified atom stereocenters. The minimum absolute atomic E-state index is 0.239. The molecule has 1 saturated heterocycles. The molecule has 3 rings (SSSR count). The number of hydrogen-bond donors (Lipinski definition) is 1. The number of ether oxygens (including phenoxy) is 1. The third-order valence-corrected chi connectivity index (χ3v) is 4.28. The van der Waals surface area contributed by atoms with Crippen molar-refractivity contribution in [2.45, 2.75) is 25.6 Å². The number of hydrogen-bond acceptors (Lipinski definition) is 3. The predicted molar refractivity (Wildman–Crippen MR) is 70.4 cm³/mol. The summed E-state index contributed by atoms with van der Waals surface area (Å²) in [5.74, 6) is 0.712. The van der Waals surface area contributed by atoms with Crippen molar-refractivity contribution in [3.63, 3.8) is 0 Å². The lowest BCUT2D eigenvalue weighted by Crippen LogP contribution is -2.31. The van der Waals surface area contributed by atoms with Gasteiger partial charge in [0.05, 0.1) is 6.10 Å². The molecule has 1 N–H and O–H groups in total. The van der Waals surface area contributed by atoms with E-state index in [1.165, 1.54) is 0 Å². The molecule has 1 aliphatic heterocycles. The second-order valence-corrected chi connectivity index (χ2v) is 5.51. The van der Waals surface area contributed by atoms with Gasteiger partial charge < -0.3 is 14.7 Å². The topological polar surface area (TPSA) is 49.8 Å². The lowest BCUT2D eigenvalue weighted by molar-refractivity contribution is 0.0924. The first kappa shape index (κ1) is 12.5. The highest BCUT2D eigenvalue weighted by Gasteiger charge is 2.43. The Morgan fingerprint density at radius 3 is 2.79 bits per heavy atom. The van der Waals surface area contributed by atoms with Crippen molar-refractivity contribution in [1.82, 2.24) is 4.90 Å². The Bertz CT molecular complexity index is 448. The molecule has 1 saturated carbocycles. The summed E-state index contributed by atoms with van der Waals surface area (Å²) in [5.41, 5.74) is 0.996. The zero-order valence-corrected chi connectivity index (χ0v) is 10.9. The Kier molecular flexibility index (Phi) is 3.42. The monoisotopic (exact) mass is 261 g/mol. The minimum Gasteiger partial charge on any atom is -0.445 e. The summed E-state index contributed by atoms with van der Waals surface area (Å²) in [7, 11) is 0. The molecule has 4 nitrogen and oxygen atoms in total. The van der Waals surface area contributed by atoms with Gasteiger partial charge in [-0.2, -0.15) is 0 Å². The van der Waals surface area contributed by atoms with E-state index in [0.29, 0.717) is 19.1 Å². The number of amides is 1. The van der Waals surface area contributed by atoms with Crippen molar-refractivity contribution in [2.75, 3.05) is 13.1 Å². The van der Waals surface area contributed by atoms with Gasteiger partial charge >= 0.3 is 6.09 Å². The highest BCUT2D eigenvalue weighted by atomic mass is 16.6. The summed E-state index contributed by atoms with van der Waals surface area (Å²) in [5, 5.41) is 9.83. The van der Waals surface area contributed by atoms with Crippen LogP contribution in [-0.4, -0.2) is 35.3 Å². The van der Waals surface area contributed by atoms with E-state index in [9.17, 15) is 9.90 Å². The Morgan fingerprint density at radius 1 is 1.26 bits per heavy atom. The van der Waals surface area contributed by atoms with E-state index in [4.69, 9.17) is 4.74 Å². The quantitative estimate of drug-likeness (QED) is 0.886. The third-order valence-electron chi connectivity index (χ3n) is 4.28. The van der Waals surface area contributed by atoms with Gasteiger partial charge in [-0.15, -0.1) is 0 Å². The normalized spacial score (nSPS) is 29.3. The molecule has 102 valence electrons. The Hall–Kier alpha value is -1.55. The average Bonchev–Trinajstić information content (AvgIpc) is 3.00. The van der Waals surface area contributed by atoms with Crippen LogP contribution in [0.1, 0.15) is 18.4 Å². The van der Waals surface area contributed by atoms with Crippen LogP contribution in [0, 0.1) is 11.8 Å². The second kappa shape index (κ2) is 5.21. The van der Waals surface area contributed by atoms with E-state index < -0.39 is 0 Å². The molecule has 0 spiro atoms. The Balaban J connectivity index is 1.52. The van der Waals surface area contributed by atoms with E-state index in [2.05, 4.69) is 0 Å². The SMILES string of the molecule is O=C(OCc1ccccc1)N1C[C@@H]2CC[C@@H](O)[C@@H]2C1. The van der Waals surface area contributed by atoms with Crippen molar-refractivity contribution in [1.29, 1.82) is 0 Å². The van der Waals surface area contributed by atoms with Crippen molar-refractivity contribution in [3.8, 4) is 0 Å². The number of aliphatic hydroxyl groups excluding tert-OH is 1. The van der Waals surface area contributed by atoms with Crippen LogP contribution in [0.5, 0.6) is 0 Å². The molecule has 2 aliphatic rings. The molecule has 1 aliphatic carbocycles. The van der Waals surface area contributed by atoms with E-state index >= 15 is 0 Å². The molecular formula is C15H19NO3. The number of carbonyl (C=O) groups excluding carboxylic acids is 1. The summed E-state index contributed by atoms with van der Waals surface area (Å²) in [6.45, 7) is 1.68. The van der Waals surface area contributed by atoms with Gasteiger partial charge in [-0.05, 0) is 24.3 Å². The van der Waals surface area contributed by atoms with Gasteiger partial charge in [-0.25, -0.2) is 4.79 Å². The van der Waals surface area contributed by atoms with Crippen LogP contribution in [0.4, 0.5) is 4.79 Å². The fraction of sp³-hybridized carbons (Fsp3) is 0.533. The van der Waals surface area contributed by atoms with Gasteiger partial charge in [-0.3, -0.25) is 0 Å². The summed E-state index contributed by atoms with van der Waals surface area (Å²) in [4.78, 5) is 13.7. The Labute approximate surface area is 113 Å². The molecular weight excluding hydrogens is 242 g/mol. The largest absolute Gasteiger partial charge is 0.445 e. The number of likely N-dealkylation sites (tertiary alicyclic amines) is 1. The van der Waals surface area contributed by atoms with Gasteiger partial charge in [0.1, 0.15) is 6.61 Å². The molecule has 1 heterocycles. The summed E-state index contributed by atoms with van der Waals surface area (Å²) >= 11 is 0. The van der Waals surface area contributed by atoms with E-state index in [1.807, 2.05) is 30.3 Å². The molecule has 0 bridgehead atoms. The van der Waals surface area contributed by atoms with Crippen molar-refractivity contribution >= 4 is 6.09 Å². The molecule has 3 atom stereocenters. The van der Waals surface area contributed by atoms with Gasteiger partial charge in [0.2, 0.25) is 0 Å². The van der Waals surface area contributed by atoms with Crippen molar-refractivity contribution in [2.24, 2.45) is 11.8 Å². The lowest BCUT2D eigenvalue weighted by atomic mass is 10.00. The first-order valence-corrected chi connectivity index (χ1v) is 6.88. The van der Waals surface area contributed by atoms with Crippen molar-refractivity contribution < 1.29 is 14.6 Å². The third kappa shape index (κ3) is 2.59. The molecule has 2 fully saturated rings. The van der Waals surface area contributed by atoms with Crippen LogP contribution in [0.25, 0.3) is 0 Å². The summed E-state index contributed by atoms with van der Waals surface area (Å²) in [6, 6.07) is 9.68. The number of carbonyl (C=O) groups is 1. The van der Waals surface area contributed by atoms with Gasteiger partial charge in [-0.1, -0.05) is 30.3 Å². The molecule has 1 amide bonds. The summed E-state index contributed by atoms with van der Waals surface area (Å²) < 4.78 is 5.32. The van der Waals surface area contributed by atoms with Gasteiger partial charge in [0.15, 0.2) is 0 Å². The Morgan fingerprint density at radius 2 is 2.05 bits per heavy atom. The van der Waals surface area contributed by atoms with Crippen LogP contribution in [0.2, 0.25) is 0 Å². The number of rotatable bonds is 2. The first-order chi connectivity index (χ1) is 9.24. The average molecular weight is 261 g/mol. The standard InChI is InChI=1S/C15H19NO3/c17-14-7-6-12-8-16(9-13(12)14)15(18)19-10-11-4-2-1-3-5-11/h1-5,12-14,17H,6-10H2/t12-,13+,14+/m0/s1. The highest BCUT2D eigenvalue weighted by molar-refractivity contribution is 5.68. The maximum atomic E-state index is 12.0. The van der Waals surface area contributed by atoms with Gasteiger partial charge in [0.25, 0.3) is 0 Å². The molecule has 4 heteroatoms. The molecule has 0 aromatic heterocycles. The molecule has 1 aromatic rings. The number of nitrogens with zero attached hydrogens (tertiary/aromatic N) is 1. The molecule has 19 heavy (non-hydrogen) atoms. The summed E-state index contributed by atoms with van der Waals surface area (Å²) in [6.07, 6.45) is 1.40. The highest BCUT2D eigenvalue weighted by Crippen LogP contribution is 2.38. The minimum atomic E-state index is -0.259. The van der Waals surface area contributed by atoms with E-state index in [0.717, 1.165) is 24.9 Å². The fourth-order valence-electron chi connectivity index (χ4n) is 3.20. The van der Waals surface area contributed by atoms with Crippen LogP contribution in [-0.2, 0) is 11.3 Å². The molecule has 1 aromatic carbocycles. The second-order valence-electron chi connectivity index (χ2n) is 5.51. The van der Waals surface area contributed by atoms with Crippen LogP contribution < -0.4 is 0 Å². The van der Waals surface area contributed by atoms with Crippen molar-refractivity contribution in [3.05, 3.63) is 35.9 Å². The van der Waals surface area contributed by atoms with E-state index in [-0.39, 0.29) is 18.1 Å². The fourth-order valence-corrected chi connectivity index (χ4v) is 3.20. The number of fused-ring (bicyclic) bond motifs is 1.